The summed E-state index contributed by atoms with van der Waals surface area (Å²) < 4.78 is 16.8. The number of ether oxygens (including phenoxy) is 3. The molecule has 2 saturated heterocycles. The number of carbonyl (C=O) groups is 2. The highest BCUT2D eigenvalue weighted by molar-refractivity contribution is 5.97. The summed E-state index contributed by atoms with van der Waals surface area (Å²) in [7, 11) is 1.65. The minimum atomic E-state index is -0.421. The number of carbonyl (C=O) groups excluding carboxylic acids is 2. The average Bonchev–Trinajstić information content (AvgIpc) is 2.95. The molecule has 0 bridgehead atoms. The van der Waals surface area contributed by atoms with Gasteiger partial charge in [-0.2, -0.15) is 0 Å². The van der Waals surface area contributed by atoms with Crippen molar-refractivity contribution in [3.8, 4) is 23.0 Å². The SMILES string of the molecule is COc1ccccc1Oc1cccc(CN2CCC3(CC2)CCN(C(=O)c2ccccc2OC(C)=O)CC3)c1. The zero-order valence-electron chi connectivity index (χ0n) is 22.7. The standard InChI is InChI=1S/C32H36N2O5/c1-24(35)38-28-11-4-3-10-27(28)31(36)34-20-16-32(17-21-34)14-18-33(19-15-32)23-25-8-7-9-26(22-25)39-30-13-6-5-12-29(30)37-2/h3-13,22H,14-21,23H2,1-2H3. The Morgan fingerprint density at radius 2 is 1.44 bits per heavy atom. The maximum atomic E-state index is 13.2. The van der Waals surface area contributed by atoms with Crippen LogP contribution in [-0.4, -0.2) is 55.0 Å². The molecule has 0 saturated carbocycles. The molecule has 0 unspecified atom stereocenters. The summed E-state index contributed by atoms with van der Waals surface area (Å²) in [5, 5.41) is 0. The first-order valence-electron chi connectivity index (χ1n) is 13.6. The van der Waals surface area contributed by atoms with Gasteiger partial charge in [0.25, 0.3) is 5.91 Å². The van der Waals surface area contributed by atoms with Gasteiger partial charge in [-0.1, -0.05) is 36.4 Å². The number of piperidine rings is 2. The van der Waals surface area contributed by atoms with E-state index in [2.05, 4.69) is 17.0 Å². The lowest BCUT2D eigenvalue weighted by Gasteiger charge is -2.47. The number of likely N-dealkylation sites (tertiary alicyclic amines) is 2. The summed E-state index contributed by atoms with van der Waals surface area (Å²) in [6.07, 6.45) is 4.28. The second kappa shape index (κ2) is 11.9. The molecule has 5 rings (SSSR count). The Kier molecular flexibility index (Phi) is 8.17. The molecule has 0 N–H and O–H groups in total. The van der Waals surface area contributed by atoms with E-state index in [9.17, 15) is 9.59 Å². The van der Waals surface area contributed by atoms with Crippen molar-refractivity contribution < 1.29 is 23.8 Å². The lowest BCUT2D eigenvalue weighted by Crippen LogP contribution is -2.48. The van der Waals surface area contributed by atoms with Gasteiger partial charge in [0.15, 0.2) is 11.5 Å². The number of hydrogen-bond donors (Lipinski definition) is 0. The Morgan fingerprint density at radius 3 is 2.13 bits per heavy atom. The molecule has 2 aliphatic rings. The Labute approximate surface area is 230 Å². The molecular formula is C32H36N2O5. The highest BCUT2D eigenvalue weighted by Gasteiger charge is 2.39. The summed E-state index contributed by atoms with van der Waals surface area (Å²) in [5.74, 6) is 2.07. The molecule has 3 aromatic rings. The van der Waals surface area contributed by atoms with Crippen LogP contribution >= 0.6 is 0 Å². The summed E-state index contributed by atoms with van der Waals surface area (Å²) in [4.78, 5) is 29.1. The first-order valence-corrected chi connectivity index (χ1v) is 13.6. The summed E-state index contributed by atoms with van der Waals surface area (Å²) in [6.45, 7) is 5.79. The van der Waals surface area contributed by atoms with Crippen LogP contribution in [0.25, 0.3) is 0 Å². The Balaban J connectivity index is 1.14. The van der Waals surface area contributed by atoms with Crippen LogP contribution in [0.5, 0.6) is 23.0 Å². The molecule has 3 aromatic carbocycles. The van der Waals surface area contributed by atoms with Crippen molar-refractivity contribution in [2.75, 3.05) is 33.3 Å². The normalized spacial score (nSPS) is 17.0. The quantitative estimate of drug-likeness (QED) is 0.280. The summed E-state index contributed by atoms with van der Waals surface area (Å²) in [6, 6.07) is 22.9. The third kappa shape index (κ3) is 6.42. The number of methoxy groups -OCH3 is 1. The third-order valence-corrected chi connectivity index (χ3v) is 8.00. The van der Waals surface area contributed by atoms with Crippen molar-refractivity contribution in [1.82, 2.24) is 9.80 Å². The van der Waals surface area contributed by atoms with Crippen LogP contribution in [0, 0.1) is 5.41 Å². The number of nitrogens with zero attached hydrogens (tertiary/aromatic N) is 2. The van der Waals surface area contributed by atoms with E-state index in [1.807, 2.05) is 47.4 Å². The molecule has 7 heteroatoms. The Bertz CT molecular complexity index is 1310. The molecule has 2 heterocycles. The monoisotopic (exact) mass is 528 g/mol. The highest BCUT2D eigenvalue weighted by Crippen LogP contribution is 2.42. The van der Waals surface area contributed by atoms with Crippen molar-refractivity contribution >= 4 is 11.9 Å². The molecule has 0 radical (unpaired) electrons. The molecule has 2 fully saturated rings. The largest absolute Gasteiger partial charge is 0.493 e. The number of amides is 1. The van der Waals surface area contributed by atoms with Crippen LogP contribution in [-0.2, 0) is 11.3 Å². The van der Waals surface area contributed by atoms with E-state index in [0.29, 0.717) is 22.8 Å². The van der Waals surface area contributed by atoms with E-state index in [4.69, 9.17) is 14.2 Å². The van der Waals surface area contributed by atoms with Crippen molar-refractivity contribution in [1.29, 1.82) is 0 Å². The van der Waals surface area contributed by atoms with Crippen molar-refractivity contribution in [2.24, 2.45) is 5.41 Å². The van der Waals surface area contributed by atoms with Crippen LogP contribution in [0.1, 0.15) is 48.5 Å². The lowest BCUT2D eigenvalue weighted by atomic mass is 9.71. The van der Waals surface area contributed by atoms with Gasteiger partial charge < -0.3 is 19.1 Å². The second-order valence-electron chi connectivity index (χ2n) is 10.6. The van der Waals surface area contributed by atoms with Gasteiger partial charge in [-0.3, -0.25) is 14.5 Å². The van der Waals surface area contributed by atoms with Gasteiger partial charge in [0.05, 0.1) is 12.7 Å². The fraction of sp³-hybridized carbons (Fsp3) is 0.375. The Morgan fingerprint density at radius 1 is 0.795 bits per heavy atom. The molecule has 204 valence electrons. The van der Waals surface area contributed by atoms with E-state index in [-0.39, 0.29) is 11.3 Å². The number of rotatable bonds is 7. The van der Waals surface area contributed by atoms with Crippen molar-refractivity contribution in [3.63, 3.8) is 0 Å². The molecule has 0 atom stereocenters. The molecule has 1 amide bonds. The number of benzene rings is 3. The van der Waals surface area contributed by atoms with Gasteiger partial charge in [0.1, 0.15) is 11.5 Å². The topological polar surface area (TPSA) is 68.3 Å². The first kappa shape index (κ1) is 26.8. The molecule has 1 spiro atoms. The predicted octanol–water partition coefficient (Wildman–Crippen LogP) is 5.93. The average molecular weight is 529 g/mol. The highest BCUT2D eigenvalue weighted by atomic mass is 16.5. The fourth-order valence-electron chi connectivity index (χ4n) is 5.72. The molecule has 2 aliphatic heterocycles. The molecule has 0 aromatic heterocycles. The van der Waals surface area contributed by atoms with Gasteiger partial charge >= 0.3 is 5.97 Å². The van der Waals surface area contributed by atoms with E-state index in [1.165, 1.54) is 12.5 Å². The number of para-hydroxylation sites is 3. The predicted molar refractivity (Wildman–Crippen MR) is 149 cm³/mol. The maximum Gasteiger partial charge on any atom is 0.308 e. The summed E-state index contributed by atoms with van der Waals surface area (Å²) in [5.41, 5.74) is 1.97. The van der Waals surface area contributed by atoms with Gasteiger partial charge in [-0.15, -0.1) is 0 Å². The minimum Gasteiger partial charge on any atom is -0.493 e. The molecule has 7 nitrogen and oxygen atoms in total. The van der Waals surface area contributed by atoms with Crippen LogP contribution in [0.2, 0.25) is 0 Å². The zero-order chi connectivity index (χ0) is 27.2. The fourth-order valence-corrected chi connectivity index (χ4v) is 5.72. The van der Waals surface area contributed by atoms with E-state index >= 15 is 0 Å². The number of hydrogen-bond acceptors (Lipinski definition) is 6. The number of esters is 1. The lowest BCUT2D eigenvalue weighted by molar-refractivity contribution is -0.131. The molecule has 0 aliphatic carbocycles. The zero-order valence-corrected chi connectivity index (χ0v) is 22.7. The van der Waals surface area contributed by atoms with E-state index in [0.717, 1.165) is 64.2 Å². The third-order valence-electron chi connectivity index (χ3n) is 8.00. The van der Waals surface area contributed by atoms with Gasteiger partial charge in [-0.05, 0) is 86.1 Å². The smallest absolute Gasteiger partial charge is 0.308 e. The van der Waals surface area contributed by atoms with Gasteiger partial charge in [-0.25, -0.2) is 0 Å². The second-order valence-corrected chi connectivity index (χ2v) is 10.6. The molecular weight excluding hydrogens is 492 g/mol. The van der Waals surface area contributed by atoms with Crippen LogP contribution in [0.15, 0.2) is 72.8 Å². The Hall–Kier alpha value is -3.84. The van der Waals surface area contributed by atoms with Gasteiger partial charge in [0.2, 0.25) is 0 Å². The molecule has 39 heavy (non-hydrogen) atoms. The first-order chi connectivity index (χ1) is 18.9. The maximum absolute atomic E-state index is 13.2. The van der Waals surface area contributed by atoms with Crippen LogP contribution in [0.3, 0.4) is 0 Å². The van der Waals surface area contributed by atoms with E-state index in [1.54, 1.807) is 25.3 Å². The summed E-state index contributed by atoms with van der Waals surface area (Å²) >= 11 is 0. The van der Waals surface area contributed by atoms with Crippen LogP contribution in [0.4, 0.5) is 0 Å². The van der Waals surface area contributed by atoms with E-state index < -0.39 is 5.97 Å². The minimum absolute atomic E-state index is 0.0608. The van der Waals surface area contributed by atoms with Crippen molar-refractivity contribution in [2.45, 2.75) is 39.2 Å². The van der Waals surface area contributed by atoms with Crippen LogP contribution < -0.4 is 14.2 Å². The van der Waals surface area contributed by atoms with Gasteiger partial charge in [0, 0.05) is 26.6 Å². The van der Waals surface area contributed by atoms with Crippen molar-refractivity contribution in [3.05, 3.63) is 83.9 Å².